The first-order valence-electron chi connectivity index (χ1n) is 10.1. The van der Waals surface area contributed by atoms with Gasteiger partial charge in [-0.25, -0.2) is 4.79 Å². The van der Waals surface area contributed by atoms with Crippen LogP contribution in [0.15, 0.2) is 59.0 Å². The Morgan fingerprint density at radius 2 is 1.90 bits per heavy atom. The van der Waals surface area contributed by atoms with Gasteiger partial charge < -0.3 is 15.1 Å². The number of amides is 2. The van der Waals surface area contributed by atoms with Gasteiger partial charge in [-0.05, 0) is 49.6 Å². The molecule has 1 saturated heterocycles. The minimum Gasteiger partial charge on any atom is -0.459 e. The number of rotatable bonds is 5. The summed E-state index contributed by atoms with van der Waals surface area (Å²) in [5, 5.41) is 7.91. The highest BCUT2D eigenvalue weighted by atomic mass is 35.5. The lowest BCUT2D eigenvalue weighted by atomic mass is 10.0. The van der Waals surface area contributed by atoms with Crippen LogP contribution in [0.4, 0.5) is 4.79 Å². The number of furan rings is 1. The second-order valence-corrected chi connectivity index (χ2v) is 8.14. The maximum absolute atomic E-state index is 12.4. The van der Waals surface area contributed by atoms with Gasteiger partial charge in [0.25, 0.3) is 0 Å². The SMILES string of the molecule is CC(NC(=O)NC1CCN(Cc2ccc(Cl)cc2)CC1)c1cc2ccccc2o1. The summed E-state index contributed by atoms with van der Waals surface area (Å²) in [6, 6.07) is 17.7. The number of para-hydroxylation sites is 1. The average Bonchev–Trinajstić information content (AvgIpc) is 3.16. The number of hydrogen-bond donors (Lipinski definition) is 2. The van der Waals surface area contributed by atoms with Crippen molar-refractivity contribution in [3.8, 4) is 0 Å². The number of urea groups is 1. The van der Waals surface area contributed by atoms with Crippen LogP contribution in [0.1, 0.15) is 37.1 Å². The number of halogens is 1. The molecule has 2 amide bonds. The van der Waals surface area contributed by atoms with Crippen LogP contribution in [-0.4, -0.2) is 30.1 Å². The van der Waals surface area contributed by atoms with Crippen molar-refractivity contribution in [2.45, 2.75) is 38.4 Å². The summed E-state index contributed by atoms with van der Waals surface area (Å²) < 4.78 is 5.84. The zero-order valence-electron chi connectivity index (χ0n) is 16.5. The molecule has 2 heterocycles. The maximum Gasteiger partial charge on any atom is 0.315 e. The molecular formula is C23H26ClN3O2. The van der Waals surface area contributed by atoms with Gasteiger partial charge in [-0.2, -0.15) is 0 Å². The van der Waals surface area contributed by atoms with Crippen LogP contribution in [0.2, 0.25) is 5.02 Å². The van der Waals surface area contributed by atoms with Crippen LogP contribution in [0.25, 0.3) is 11.0 Å². The van der Waals surface area contributed by atoms with Gasteiger partial charge in [-0.1, -0.05) is 41.9 Å². The Labute approximate surface area is 176 Å². The number of nitrogens with zero attached hydrogens (tertiary/aromatic N) is 1. The van der Waals surface area contributed by atoms with Crippen molar-refractivity contribution in [3.63, 3.8) is 0 Å². The van der Waals surface area contributed by atoms with Crippen molar-refractivity contribution in [1.29, 1.82) is 0 Å². The van der Waals surface area contributed by atoms with E-state index in [-0.39, 0.29) is 18.1 Å². The number of benzene rings is 2. The maximum atomic E-state index is 12.4. The first-order chi connectivity index (χ1) is 14.1. The van der Waals surface area contributed by atoms with E-state index >= 15 is 0 Å². The summed E-state index contributed by atoms with van der Waals surface area (Å²) in [7, 11) is 0. The minimum absolute atomic E-state index is 0.144. The molecule has 1 atom stereocenters. The van der Waals surface area contributed by atoms with Crippen molar-refractivity contribution in [2.24, 2.45) is 0 Å². The molecule has 3 aromatic rings. The van der Waals surface area contributed by atoms with Crippen molar-refractivity contribution in [3.05, 3.63) is 70.9 Å². The van der Waals surface area contributed by atoms with Gasteiger partial charge in [0.05, 0.1) is 6.04 Å². The molecule has 29 heavy (non-hydrogen) atoms. The fourth-order valence-corrected chi connectivity index (χ4v) is 3.92. The topological polar surface area (TPSA) is 57.5 Å². The van der Waals surface area contributed by atoms with Crippen LogP contribution < -0.4 is 10.6 Å². The Balaban J connectivity index is 1.23. The molecule has 1 aliphatic heterocycles. The standard InChI is InChI=1S/C23H26ClN3O2/c1-16(22-14-18-4-2-3-5-21(18)29-22)25-23(28)26-20-10-12-27(13-11-20)15-17-6-8-19(24)9-7-17/h2-9,14,16,20H,10-13,15H2,1H3,(H2,25,26,28). The molecule has 5 nitrogen and oxygen atoms in total. The Morgan fingerprint density at radius 3 is 2.62 bits per heavy atom. The quantitative estimate of drug-likeness (QED) is 0.613. The van der Waals surface area contributed by atoms with Gasteiger partial charge in [0.2, 0.25) is 0 Å². The highest BCUT2D eigenvalue weighted by molar-refractivity contribution is 6.30. The monoisotopic (exact) mass is 411 g/mol. The van der Waals surface area contributed by atoms with E-state index in [0.29, 0.717) is 0 Å². The average molecular weight is 412 g/mol. The molecule has 0 aliphatic carbocycles. The highest BCUT2D eigenvalue weighted by Crippen LogP contribution is 2.23. The summed E-state index contributed by atoms with van der Waals surface area (Å²) in [5.41, 5.74) is 2.10. The van der Waals surface area contributed by atoms with Gasteiger partial charge in [-0.15, -0.1) is 0 Å². The van der Waals surface area contributed by atoms with Crippen molar-refractivity contribution >= 4 is 28.6 Å². The summed E-state index contributed by atoms with van der Waals surface area (Å²) in [5.74, 6) is 0.763. The number of likely N-dealkylation sites (tertiary alicyclic amines) is 1. The lowest BCUT2D eigenvalue weighted by molar-refractivity contribution is 0.185. The number of carbonyl (C=O) groups is 1. The van der Waals surface area contributed by atoms with Gasteiger partial charge >= 0.3 is 6.03 Å². The fraction of sp³-hybridized carbons (Fsp3) is 0.348. The summed E-state index contributed by atoms with van der Waals surface area (Å²) in [6.45, 7) is 4.78. The number of fused-ring (bicyclic) bond motifs is 1. The molecule has 2 aromatic carbocycles. The molecule has 0 spiro atoms. The zero-order chi connectivity index (χ0) is 20.2. The van der Waals surface area contributed by atoms with E-state index in [4.69, 9.17) is 16.0 Å². The van der Waals surface area contributed by atoms with Crippen LogP contribution in [-0.2, 0) is 6.54 Å². The molecule has 2 N–H and O–H groups in total. The lowest BCUT2D eigenvalue weighted by Crippen LogP contribution is -2.48. The third-order valence-corrected chi connectivity index (χ3v) is 5.71. The Morgan fingerprint density at radius 1 is 1.17 bits per heavy atom. The summed E-state index contributed by atoms with van der Waals surface area (Å²) in [4.78, 5) is 14.8. The summed E-state index contributed by atoms with van der Waals surface area (Å²) >= 11 is 5.95. The zero-order valence-corrected chi connectivity index (χ0v) is 17.3. The van der Waals surface area contributed by atoms with Crippen LogP contribution in [0.5, 0.6) is 0 Å². The molecule has 4 rings (SSSR count). The molecule has 0 bridgehead atoms. The van der Waals surface area contributed by atoms with Crippen molar-refractivity contribution in [2.75, 3.05) is 13.1 Å². The first-order valence-corrected chi connectivity index (χ1v) is 10.5. The second-order valence-electron chi connectivity index (χ2n) is 7.70. The van der Waals surface area contributed by atoms with Crippen molar-refractivity contribution < 1.29 is 9.21 Å². The molecule has 0 saturated carbocycles. The molecule has 152 valence electrons. The van der Waals surface area contributed by atoms with Crippen LogP contribution in [0, 0.1) is 0 Å². The molecule has 1 aliphatic rings. The molecule has 1 fully saturated rings. The van der Waals surface area contributed by atoms with E-state index in [1.54, 1.807) is 0 Å². The second kappa shape index (κ2) is 8.89. The minimum atomic E-state index is -0.188. The molecule has 0 radical (unpaired) electrons. The van der Waals surface area contributed by atoms with Crippen molar-refractivity contribution in [1.82, 2.24) is 15.5 Å². The number of piperidine rings is 1. The van der Waals surface area contributed by atoms with Gasteiger partial charge in [0.1, 0.15) is 11.3 Å². The largest absolute Gasteiger partial charge is 0.459 e. The van der Waals surface area contributed by atoms with Gasteiger partial charge in [0, 0.05) is 36.1 Å². The molecule has 6 heteroatoms. The van der Waals surface area contributed by atoms with E-state index in [9.17, 15) is 4.79 Å². The van der Waals surface area contributed by atoms with E-state index in [0.717, 1.165) is 54.2 Å². The number of nitrogens with one attached hydrogen (secondary N) is 2. The van der Waals surface area contributed by atoms with E-state index in [2.05, 4.69) is 27.7 Å². The predicted molar refractivity (Wildman–Crippen MR) is 116 cm³/mol. The third kappa shape index (κ3) is 5.11. The van der Waals surface area contributed by atoms with E-state index < -0.39 is 0 Å². The Bertz CT molecular complexity index is 929. The summed E-state index contributed by atoms with van der Waals surface area (Å²) in [6.07, 6.45) is 1.89. The van der Waals surface area contributed by atoms with Crippen LogP contribution in [0.3, 0.4) is 0 Å². The molecule has 1 aromatic heterocycles. The van der Waals surface area contributed by atoms with Crippen LogP contribution >= 0.6 is 11.6 Å². The highest BCUT2D eigenvalue weighted by Gasteiger charge is 2.22. The third-order valence-electron chi connectivity index (χ3n) is 5.46. The lowest BCUT2D eigenvalue weighted by Gasteiger charge is -2.32. The predicted octanol–water partition coefficient (Wildman–Crippen LogP) is 5.11. The molecular weight excluding hydrogens is 386 g/mol. The van der Waals surface area contributed by atoms with Gasteiger partial charge in [-0.3, -0.25) is 4.90 Å². The van der Waals surface area contributed by atoms with E-state index in [1.807, 2.05) is 49.4 Å². The fourth-order valence-electron chi connectivity index (χ4n) is 3.79. The smallest absolute Gasteiger partial charge is 0.315 e. The number of hydrogen-bond acceptors (Lipinski definition) is 3. The first kappa shape index (κ1) is 19.8. The Kier molecular flexibility index (Phi) is 6.07. The van der Waals surface area contributed by atoms with Gasteiger partial charge in [0.15, 0.2) is 0 Å². The van der Waals surface area contributed by atoms with E-state index in [1.165, 1.54) is 5.56 Å². The number of carbonyl (C=O) groups excluding carboxylic acids is 1. The Hall–Kier alpha value is -2.50. The molecule has 1 unspecified atom stereocenters. The normalized spacial score (nSPS) is 16.6.